The molecule has 2 aromatic carbocycles. The van der Waals surface area contributed by atoms with Crippen molar-refractivity contribution in [2.45, 2.75) is 13.0 Å². The first kappa shape index (κ1) is 14.9. The molecule has 1 atom stereocenters. The van der Waals surface area contributed by atoms with Crippen molar-refractivity contribution in [2.24, 2.45) is 0 Å². The minimum atomic E-state index is -0.729. The van der Waals surface area contributed by atoms with Gasteiger partial charge in [-0.05, 0) is 36.2 Å². The van der Waals surface area contributed by atoms with Gasteiger partial charge in [0, 0.05) is 14.5 Å². The molecule has 0 bridgehead atoms. The largest absolute Gasteiger partial charge is 0.486 e. The molecule has 0 saturated heterocycles. The van der Waals surface area contributed by atoms with Gasteiger partial charge in [0.15, 0.2) is 11.5 Å². The zero-order valence-electron chi connectivity index (χ0n) is 11.4. The summed E-state index contributed by atoms with van der Waals surface area (Å²) in [6.45, 7) is 3.06. The summed E-state index contributed by atoms with van der Waals surface area (Å²) in [6, 6.07) is 9.49. The van der Waals surface area contributed by atoms with E-state index in [-0.39, 0.29) is 0 Å². The van der Waals surface area contributed by atoms with E-state index in [1.54, 1.807) is 0 Å². The molecule has 21 heavy (non-hydrogen) atoms. The fourth-order valence-corrected chi connectivity index (χ4v) is 3.30. The van der Waals surface area contributed by atoms with Crippen molar-refractivity contribution >= 4 is 31.9 Å². The number of benzene rings is 2. The van der Waals surface area contributed by atoms with Gasteiger partial charge >= 0.3 is 0 Å². The second-order valence-electron chi connectivity index (χ2n) is 4.87. The third-order valence-corrected chi connectivity index (χ3v) is 5.11. The molecule has 1 unspecified atom stereocenters. The van der Waals surface area contributed by atoms with Crippen LogP contribution in [0.4, 0.5) is 0 Å². The maximum absolute atomic E-state index is 10.7. The lowest BCUT2D eigenvalue weighted by molar-refractivity contribution is 0.169. The molecule has 1 aliphatic rings. The van der Waals surface area contributed by atoms with Gasteiger partial charge in [-0.15, -0.1) is 0 Å². The minimum absolute atomic E-state index is 0.528. The lowest BCUT2D eigenvalue weighted by Gasteiger charge is -2.22. The molecule has 1 N–H and O–H groups in total. The van der Waals surface area contributed by atoms with Crippen LogP contribution in [0, 0.1) is 6.92 Å². The van der Waals surface area contributed by atoms with E-state index in [1.807, 2.05) is 37.3 Å². The standard InChI is InChI=1S/C16H14Br2O3/c1-9-10(3-2-4-12(9)17)16(19)11-7-14-15(8-13(11)18)21-6-5-20-14/h2-4,7-8,16,19H,5-6H2,1H3. The van der Waals surface area contributed by atoms with Crippen LogP contribution in [0.5, 0.6) is 11.5 Å². The van der Waals surface area contributed by atoms with E-state index >= 15 is 0 Å². The van der Waals surface area contributed by atoms with E-state index in [9.17, 15) is 5.11 Å². The molecule has 2 aromatic rings. The molecule has 1 heterocycles. The van der Waals surface area contributed by atoms with Gasteiger partial charge in [-0.1, -0.05) is 44.0 Å². The molecule has 3 nitrogen and oxygen atoms in total. The van der Waals surface area contributed by atoms with Crippen LogP contribution in [0.3, 0.4) is 0 Å². The van der Waals surface area contributed by atoms with Gasteiger partial charge in [-0.25, -0.2) is 0 Å². The molecular weight excluding hydrogens is 400 g/mol. The number of halogens is 2. The number of ether oxygens (including phenoxy) is 2. The van der Waals surface area contributed by atoms with Crippen molar-refractivity contribution in [1.29, 1.82) is 0 Å². The van der Waals surface area contributed by atoms with Gasteiger partial charge in [0.05, 0.1) is 0 Å². The predicted molar refractivity (Wildman–Crippen MR) is 88.1 cm³/mol. The van der Waals surface area contributed by atoms with Gasteiger partial charge in [0.2, 0.25) is 0 Å². The third-order valence-electron chi connectivity index (χ3n) is 3.56. The molecule has 0 aliphatic carbocycles. The highest BCUT2D eigenvalue weighted by Crippen LogP contribution is 2.40. The van der Waals surface area contributed by atoms with Crippen molar-refractivity contribution in [3.8, 4) is 11.5 Å². The predicted octanol–water partition coefficient (Wildman–Crippen LogP) is 4.37. The van der Waals surface area contributed by atoms with Gasteiger partial charge < -0.3 is 14.6 Å². The summed E-state index contributed by atoms with van der Waals surface area (Å²) in [5.41, 5.74) is 2.65. The second-order valence-corrected chi connectivity index (χ2v) is 6.58. The van der Waals surface area contributed by atoms with Crippen LogP contribution in [0.15, 0.2) is 39.3 Å². The quantitative estimate of drug-likeness (QED) is 0.794. The molecule has 0 aromatic heterocycles. The van der Waals surface area contributed by atoms with Crippen molar-refractivity contribution in [3.05, 3.63) is 56.0 Å². The lowest BCUT2D eigenvalue weighted by Crippen LogP contribution is -2.16. The average Bonchev–Trinajstić information content (AvgIpc) is 2.48. The fraction of sp³-hybridized carbons (Fsp3) is 0.250. The smallest absolute Gasteiger partial charge is 0.162 e. The second kappa shape index (κ2) is 5.99. The Morgan fingerprint density at radius 1 is 1.00 bits per heavy atom. The highest BCUT2D eigenvalue weighted by atomic mass is 79.9. The van der Waals surface area contributed by atoms with Crippen LogP contribution in [0.25, 0.3) is 0 Å². The normalized spacial score (nSPS) is 14.9. The number of hydrogen-bond donors (Lipinski definition) is 1. The first-order chi connectivity index (χ1) is 10.1. The SMILES string of the molecule is Cc1c(Br)cccc1C(O)c1cc2c(cc1Br)OCCO2. The molecule has 0 fully saturated rings. The van der Waals surface area contributed by atoms with Crippen molar-refractivity contribution < 1.29 is 14.6 Å². The van der Waals surface area contributed by atoms with Crippen LogP contribution < -0.4 is 9.47 Å². The van der Waals surface area contributed by atoms with Crippen LogP contribution in [-0.4, -0.2) is 18.3 Å². The van der Waals surface area contributed by atoms with Gasteiger partial charge in [0.25, 0.3) is 0 Å². The average molecular weight is 414 g/mol. The molecule has 110 valence electrons. The Hall–Kier alpha value is -1.04. The highest BCUT2D eigenvalue weighted by molar-refractivity contribution is 9.10. The van der Waals surface area contributed by atoms with Crippen molar-refractivity contribution in [1.82, 2.24) is 0 Å². The molecule has 0 spiro atoms. The van der Waals surface area contributed by atoms with Crippen LogP contribution in [0.1, 0.15) is 22.8 Å². The summed E-state index contributed by atoms with van der Waals surface area (Å²) in [5.74, 6) is 1.38. The summed E-state index contributed by atoms with van der Waals surface area (Å²) >= 11 is 7.01. The number of hydrogen-bond acceptors (Lipinski definition) is 3. The summed E-state index contributed by atoms with van der Waals surface area (Å²) in [5, 5.41) is 10.7. The Bertz CT molecular complexity index is 685. The monoisotopic (exact) mass is 412 g/mol. The summed E-state index contributed by atoms with van der Waals surface area (Å²) in [7, 11) is 0. The van der Waals surface area contributed by atoms with E-state index in [0.717, 1.165) is 25.6 Å². The first-order valence-electron chi connectivity index (χ1n) is 6.60. The minimum Gasteiger partial charge on any atom is -0.486 e. The molecule has 0 amide bonds. The van der Waals surface area contributed by atoms with Gasteiger partial charge in [0.1, 0.15) is 19.3 Å². The first-order valence-corrected chi connectivity index (χ1v) is 8.18. The number of fused-ring (bicyclic) bond motifs is 1. The summed E-state index contributed by atoms with van der Waals surface area (Å²) in [6.07, 6.45) is -0.729. The van der Waals surface area contributed by atoms with E-state index in [1.165, 1.54) is 0 Å². The summed E-state index contributed by atoms with van der Waals surface area (Å²) in [4.78, 5) is 0. The number of aliphatic hydroxyl groups excluding tert-OH is 1. The van der Waals surface area contributed by atoms with E-state index in [4.69, 9.17) is 9.47 Å². The highest BCUT2D eigenvalue weighted by Gasteiger charge is 2.21. The lowest BCUT2D eigenvalue weighted by atomic mass is 9.97. The fourth-order valence-electron chi connectivity index (χ4n) is 2.38. The zero-order chi connectivity index (χ0) is 15.0. The Kier molecular flexibility index (Phi) is 4.24. The van der Waals surface area contributed by atoms with E-state index in [2.05, 4.69) is 31.9 Å². The van der Waals surface area contributed by atoms with Crippen LogP contribution in [-0.2, 0) is 0 Å². The van der Waals surface area contributed by atoms with Crippen LogP contribution in [0.2, 0.25) is 0 Å². The maximum Gasteiger partial charge on any atom is 0.162 e. The molecular formula is C16H14Br2O3. The molecule has 0 saturated carbocycles. The van der Waals surface area contributed by atoms with Crippen LogP contribution >= 0.6 is 31.9 Å². The molecule has 0 radical (unpaired) electrons. The van der Waals surface area contributed by atoms with Crippen molar-refractivity contribution in [2.75, 3.05) is 13.2 Å². The third kappa shape index (κ3) is 2.82. The molecule has 1 aliphatic heterocycles. The molecule has 3 rings (SSSR count). The van der Waals surface area contributed by atoms with E-state index < -0.39 is 6.10 Å². The van der Waals surface area contributed by atoms with E-state index in [0.29, 0.717) is 24.7 Å². The Labute approximate surface area is 140 Å². The molecule has 5 heteroatoms. The van der Waals surface area contributed by atoms with Crippen molar-refractivity contribution in [3.63, 3.8) is 0 Å². The maximum atomic E-state index is 10.7. The number of rotatable bonds is 2. The Balaban J connectivity index is 2.05. The topological polar surface area (TPSA) is 38.7 Å². The van der Waals surface area contributed by atoms with Gasteiger partial charge in [-0.3, -0.25) is 0 Å². The Morgan fingerprint density at radius 3 is 2.38 bits per heavy atom. The number of aliphatic hydroxyl groups is 1. The summed E-state index contributed by atoms with van der Waals surface area (Å²) < 4.78 is 12.9. The van der Waals surface area contributed by atoms with Gasteiger partial charge in [-0.2, -0.15) is 0 Å². The zero-order valence-corrected chi connectivity index (χ0v) is 14.6. The Morgan fingerprint density at radius 2 is 1.67 bits per heavy atom.